The molecule has 0 aliphatic heterocycles. The van der Waals surface area contributed by atoms with Crippen molar-refractivity contribution in [2.45, 2.75) is 13.8 Å². The number of hydrogen-bond acceptors (Lipinski definition) is 3. The Labute approximate surface area is 106 Å². The first kappa shape index (κ1) is 12.1. The van der Waals surface area contributed by atoms with Crippen molar-refractivity contribution >= 4 is 17.3 Å². The minimum atomic E-state index is -0.168. The molecule has 18 heavy (non-hydrogen) atoms. The molecule has 0 saturated heterocycles. The molecule has 1 aromatic heterocycles. The van der Waals surface area contributed by atoms with E-state index in [-0.39, 0.29) is 5.91 Å². The number of amides is 1. The molecule has 0 bridgehead atoms. The zero-order valence-corrected chi connectivity index (χ0v) is 10.4. The summed E-state index contributed by atoms with van der Waals surface area (Å²) in [4.78, 5) is 16.0. The maximum absolute atomic E-state index is 12.0. The molecule has 0 unspecified atom stereocenters. The van der Waals surface area contributed by atoms with E-state index in [1.54, 1.807) is 30.6 Å². The number of carbonyl (C=O) groups is 1. The summed E-state index contributed by atoms with van der Waals surface area (Å²) in [6.07, 6.45) is 3.26. The van der Waals surface area contributed by atoms with Gasteiger partial charge in [-0.25, -0.2) is 0 Å². The van der Waals surface area contributed by atoms with Crippen LogP contribution in [-0.2, 0) is 0 Å². The highest BCUT2D eigenvalue weighted by molar-refractivity contribution is 6.04. The number of pyridine rings is 1. The molecule has 0 atom stereocenters. The third-order valence-corrected chi connectivity index (χ3v) is 2.64. The molecule has 4 heteroatoms. The molecule has 1 amide bonds. The molecule has 0 aliphatic rings. The highest BCUT2D eigenvalue weighted by atomic mass is 16.1. The largest absolute Gasteiger partial charge is 0.399 e. The van der Waals surface area contributed by atoms with Gasteiger partial charge < -0.3 is 11.1 Å². The number of nitrogens with one attached hydrogen (secondary N) is 1. The number of hydrogen-bond donors (Lipinski definition) is 2. The number of nitrogen functional groups attached to an aromatic ring is 1. The minimum Gasteiger partial charge on any atom is -0.399 e. The normalized spacial score (nSPS) is 10.1. The number of aromatic nitrogens is 1. The number of carbonyl (C=O) groups excluding carboxylic acids is 1. The third-order valence-electron chi connectivity index (χ3n) is 2.64. The second-order valence-electron chi connectivity index (χ2n) is 4.28. The Morgan fingerprint density at radius 3 is 2.67 bits per heavy atom. The van der Waals surface area contributed by atoms with Gasteiger partial charge in [0.15, 0.2) is 0 Å². The summed E-state index contributed by atoms with van der Waals surface area (Å²) < 4.78 is 0. The van der Waals surface area contributed by atoms with Crippen molar-refractivity contribution in [2.24, 2.45) is 0 Å². The average molecular weight is 241 g/mol. The van der Waals surface area contributed by atoms with Crippen LogP contribution in [0.25, 0.3) is 0 Å². The molecular weight excluding hydrogens is 226 g/mol. The molecule has 0 aliphatic carbocycles. The van der Waals surface area contributed by atoms with Crippen LogP contribution in [0.5, 0.6) is 0 Å². The van der Waals surface area contributed by atoms with E-state index in [1.807, 2.05) is 19.9 Å². The van der Waals surface area contributed by atoms with E-state index in [2.05, 4.69) is 10.3 Å². The summed E-state index contributed by atoms with van der Waals surface area (Å²) in [5.74, 6) is -0.168. The topological polar surface area (TPSA) is 68.0 Å². The maximum atomic E-state index is 12.0. The lowest BCUT2D eigenvalue weighted by Crippen LogP contribution is -2.13. The third kappa shape index (κ3) is 2.66. The van der Waals surface area contributed by atoms with E-state index in [9.17, 15) is 4.79 Å². The van der Waals surface area contributed by atoms with Gasteiger partial charge in [-0.2, -0.15) is 0 Å². The lowest BCUT2D eigenvalue weighted by molar-refractivity contribution is 0.102. The Hall–Kier alpha value is -2.36. The van der Waals surface area contributed by atoms with Crippen LogP contribution in [0.4, 0.5) is 11.4 Å². The van der Waals surface area contributed by atoms with Gasteiger partial charge in [0.25, 0.3) is 5.91 Å². The molecule has 0 spiro atoms. The molecule has 3 N–H and O–H groups in total. The number of benzene rings is 1. The van der Waals surface area contributed by atoms with Crippen LogP contribution in [0.2, 0.25) is 0 Å². The number of rotatable bonds is 2. The quantitative estimate of drug-likeness (QED) is 0.794. The Balaban J connectivity index is 2.21. The van der Waals surface area contributed by atoms with Crippen molar-refractivity contribution in [1.82, 2.24) is 4.98 Å². The molecule has 92 valence electrons. The van der Waals surface area contributed by atoms with Crippen molar-refractivity contribution in [1.29, 1.82) is 0 Å². The van der Waals surface area contributed by atoms with Crippen LogP contribution in [-0.4, -0.2) is 10.9 Å². The Morgan fingerprint density at radius 2 is 2.00 bits per heavy atom. The highest BCUT2D eigenvalue weighted by Crippen LogP contribution is 2.18. The first-order chi connectivity index (χ1) is 8.56. The minimum absolute atomic E-state index is 0.168. The van der Waals surface area contributed by atoms with Gasteiger partial charge in [0, 0.05) is 23.8 Å². The Morgan fingerprint density at radius 1 is 1.22 bits per heavy atom. The monoisotopic (exact) mass is 241 g/mol. The average Bonchev–Trinajstić information content (AvgIpc) is 2.32. The van der Waals surface area contributed by atoms with Crippen molar-refractivity contribution in [2.75, 3.05) is 11.1 Å². The molecule has 0 fully saturated rings. The van der Waals surface area contributed by atoms with Gasteiger partial charge in [0.1, 0.15) is 0 Å². The highest BCUT2D eigenvalue weighted by Gasteiger charge is 2.08. The zero-order valence-electron chi connectivity index (χ0n) is 10.4. The number of nitrogens with two attached hydrogens (primary N) is 1. The van der Waals surface area contributed by atoms with Gasteiger partial charge in [0.05, 0.1) is 5.56 Å². The summed E-state index contributed by atoms with van der Waals surface area (Å²) in [6, 6.07) is 7.18. The van der Waals surface area contributed by atoms with E-state index < -0.39 is 0 Å². The fourth-order valence-corrected chi connectivity index (χ4v) is 1.70. The van der Waals surface area contributed by atoms with Crippen molar-refractivity contribution in [3.05, 3.63) is 53.3 Å². The summed E-state index contributed by atoms with van der Waals surface area (Å²) >= 11 is 0. The maximum Gasteiger partial charge on any atom is 0.257 e. The Bertz CT molecular complexity index is 593. The van der Waals surface area contributed by atoms with Gasteiger partial charge in [-0.15, -0.1) is 0 Å². The molecule has 0 saturated carbocycles. The van der Waals surface area contributed by atoms with E-state index in [0.29, 0.717) is 11.3 Å². The van der Waals surface area contributed by atoms with E-state index >= 15 is 0 Å². The van der Waals surface area contributed by atoms with Crippen LogP contribution in [0.15, 0.2) is 36.7 Å². The fraction of sp³-hybridized carbons (Fsp3) is 0.143. The summed E-state index contributed by atoms with van der Waals surface area (Å²) in [7, 11) is 0. The lowest BCUT2D eigenvalue weighted by atomic mass is 10.1. The lowest BCUT2D eigenvalue weighted by Gasteiger charge is -2.09. The fourth-order valence-electron chi connectivity index (χ4n) is 1.70. The van der Waals surface area contributed by atoms with E-state index in [0.717, 1.165) is 16.8 Å². The standard InChI is InChI=1S/C14H15N3O/c1-9-5-11(8-16-7-9)14(18)17-13-4-3-12(15)6-10(13)2/h3-8H,15H2,1-2H3,(H,17,18). The summed E-state index contributed by atoms with van der Waals surface area (Å²) in [5.41, 5.74) is 9.55. The molecule has 1 aromatic carbocycles. The molecule has 4 nitrogen and oxygen atoms in total. The first-order valence-electron chi connectivity index (χ1n) is 5.65. The molecule has 0 radical (unpaired) electrons. The number of anilines is 2. The summed E-state index contributed by atoms with van der Waals surface area (Å²) in [6.45, 7) is 3.80. The van der Waals surface area contributed by atoms with Crippen LogP contribution >= 0.6 is 0 Å². The van der Waals surface area contributed by atoms with Crippen LogP contribution in [0.1, 0.15) is 21.5 Å². The van der Waals surface area contributed by atoms with Gasteiger partial charge in [-0.1, -0.05) is 0 Å². The molecular formula is C14H15N3O. The SMILES string of the molecule is Cc1cncc(C(=O)Nc2ccc(N)cc2C)c1. The van der Waals surface area contributed by atoms with Gasteiger partial charge in [0.2, 0.25) is 0 Å². The van der Waals surface area contributed by atoms with Gasteiger partial charge in [-0.3, -0.25) is 9.78 Å². The van der Waals surface area contributed by atoms with E-state index in [1.165, 1.54) is 0 Å². The first-order valence-corrected chi connectivity index (χ1v) is 5.65. The van der Waals surface area contributed by atoms with Crippen LogP contribution < -0.4 is 11.1 Å². The predicted molar refractivity (Wildman–Crippen MR) is 72.5 cm³/mol. The molecule has 1 heterocycles. The van der Waals surface area contributed by atoms with Crippen molar-refractivity contribution in [3.8, 4) is 0 Å². The number of nitrogens with zero attached hydrogens (tertiary/aromatic N) is 1. The Kier molecular flexibility index (Phi) is 3.28. The number of aryl methyl sites for hydroxylation is 2. The smallest absolute Gasteiger partial charge is 0.257 e. The second-order valence-corrected chi connectivity index (χ2v) is 4.28. The second kappa shape index (κ2) is 4.87. The zero-order chi connectivity index (χ0) is 13.1. The molecule has 2 rings (SSSR count). The van der Waals surface area contributed by atoms with Crippen molar-refractivity contribution < 1.29 is 4.79 Å². The van der Waals surface area contributed by atoms with Crippen LogP contribution in [0, 0.1) is 13.8 Å². The van der Waals surface area contributed by atoms with Crippen molar-refractivity contribution in [3.63, 3.8) is 0 Å². The molecule has 2 aromatic rings. The van der Waals surface area contributed by atoms with E-state index in [4.69, 9.17) is 5.73 Å². The summed E-state index contributed by atoms with van der Waals surface area (Å²) in [5, 5.41) is 2.85. The van der Waals surface area contributed by atoms with Gasteiger partial charge in [-0.05, 0) is 49.2 Å². The van der Waals surface area contributed by atoms with Gasteiger partial charge >= 0.3 is 0 Å². The van der Waals surface area contributed by atoms with Crippen LogP contribution in [0.3, 0.4) is 0 Å². The predicted octanol–water partition coefficient (Wildman–Crippen LogP) is 2.53.